The molecule has 0 amide bonds. The lowest BCUT2D eigenvalue weighted by Crippen LogP contribution is -2.17. The van der Waals surface area contributed by atoms with Crippen LogP contribution in [-0.2, 0) is 0 Å². The SMILES string of the molecule is N#CC=CC=CCC[C@H]1CC[C@H](c2ccc(OC(F)(F)F)cc2)CC1. The van der Waals surface area contributed by atoms with E-state index in [4.69, 9.17) is 5.26 Å². The maximum Gasteiger partial charge on any atom is 0.573 e. The first-order valence-electron chi connectivity index (χ1n) is 8.55. The van der Waals surface area contributed by atoms with Crippen LogP contribution in [0.4, 0.5) is 13.2 Å². The number of alkyl halides is 3. The minimum atomic E-state index is -4.64. The maximum absolute atomic E-state index is 12.2. The van der Waals surface area contributed by atoms with Gasteiger partial charge < -0.3 is 4.74 Å². The lowest BCUT2D eigenvalue weighted by Gasteiger charge is -2.28. The van der Waals surface area contributed by atoms with Gasteiger partial charge in [0, 0.05) is 6.08 Å². The van der Waals surface area contributed by atoms with E-state index in [1.54, 1.807) is 18.2 Å². The normalized spacial score (nSPS) is 21.5. The molecule has 1 aliphatic rings. The van der Waals surface area contributed by atoms with Gasteiger partial charge in [-0.2, -0.15) is 5.26 Å². The third-order valence-corrected chi connectivity index (χ3v) is 4.59. The third kappa shape index (κ3) is 7.04. The van der Waals surface area contributed by atoms with Crippen LogP contribution >= 0.6 is 0 Å². The molecule has 0 spiro atoms. The van der Waals surface area contributed by atoms with Crippen molar-refractivity contribution in [3.05, 3.63) is 54.1 Å². The Morgan fingerprint density at radius 1 is 1.08 bits per heavy atom. The van der Waals surface area contributed by atoms with Gasteiger partial charge in [0.2, 0.25) is 0 Å². The van der Waals surface area contributed by atoms with Crippen molar-refractivity contribution in [3.8, 4) is 11.8 Å². The van der Waals surface area contributed by atoms with Crippen LogP contribution in [0.2, 0.25) is 0 Å². The Morgan fingerprint density at radius 2 is 1.76 bits per heavy atom. The molecule has 0 aliphatic heterocycles. The number of allylic oxidation sites excluding steroid dienone is 4. The zero-order valence-electron chi connectivity index (χ0n) is 14.0. The summed E-state index contributed by atoms with van der Waals surface area (Å²) in [6.07, 6.45) is 9.12. The predicted molar refractivity (Wildman–Crippen MR) is 91.0 cm³/mol. The van der Waals surface area contributed by atoms with Crippen molar-refractivity contribution in [3.63, 3.8) is 0 Å². The van der Waals surface area contributed by atoms with E-state index >= 15 is 0 Å². The van der Waals surface area contributed by atoms with Gasteiger partial charge in [-0.15, -0.1) is 13.2 Å². The number of nitriles is 1. The van der Waals surface area contributed by atoms with Crippen molar-refractivity contribution in [2.45, 2.75) is 50.8 Å². The Bertz CT molecular complexity index is 618. The average molecular weight is 349 g/mol. The van der Waals surface area contributed by atoms with Crippen molar-refractivity contribution in [1.29, 1.82) is 5.26 Å². The Labute approximate surface area is 146 Å². The summed E-state index contributed by atoms with van der Waals surface area (Å²) in [6.45, 7) is 0. The molecule has 0 bridgehead atoms. The smallest absolute Gasteiger partial charge is 0.406 e. The van der Waals surface area contributed by atoms with Gasteiger partial charge in [-0.1, -0.05) is 30.4 Å². The minimum absolute atomic E-state index is 0.165. The number of benzene rings is 1. The van der Waals surface area contributed by atoms with Gasteiger partial charge in [0.05, 0.1) is 6.07 Å². The van der Waals surface area contributed by atoms with E-state index in [1.807, 2.05) is 12.1 Å². The first-order chi connectivity index (χ1) is 12.0. The fourth-order valence-electron chi connectivity index (χ4n) is 3.33. The molecule has 1 aliphatic carbocycles. The number of halogens is 3. The van der Waals surface area contributed by atoms with Gasteiger partial charge >= 0.3 is 6.36 Å². The summed E-state index contributed by atoms with van der Waals surface area (Å²) in [5.74, 6) is 0.959. The summed E-state index contributed by atoms with van der Waals surface area (Å²) in [5.41, 5.74) is 1.09. The highest BCUT2D eigenvalue weighted by Gasteiger charge is 2.31. The van der Waals surface area contributed by atoms with E-state index in [2.05, 4.69) is 10.8 Å². The number of nitrogens with zero attached hydrogens (tertiary/aromatic N) is 1. The second-order valence-corrected chi connectivity index (χ2v) is 6.33. The van der Waals surface area contributed by atoms with Gasteiger partial charge in [0.15, 0.2) is 0 Å². The molecule has 2 nitrogen and oxygen atoms in total. The van der Waals surface area contributed by atoms with E-state index in [0.717, 1.165) is 44.1 Å². The molecule has 1 fully saturated rings. The van der Waals surface area contributed by atoms with Gasteiger partial charge in [-0.25, -0.2) is 0 Å². The number of rotatable bonds is 6. The molecule has 5 heteroatoms. The lowest BCUT2D eigenvalue weighted by molar-refractivity contribution is -0.274. The Morgan fingerprint density at radius 3 is 2.36 bits per heavy atom. The highest BCUT2D eigenvalue weighted by molar-refractivity contribution is 5.29. The van der Waals surface area contributed by atoms with Crippen LogP contribution in [0.3, 0.4) is 0 Å². The molecule has 0 aromatic heterocycles. The molecule has 0 radical (unpaired) electrons. The summed E-state index contributed by atoms with van der Waals surface area (Å²) in [5, 5.41) is 8.38. The maximum atomic E-state index is 12.2. The van der Waals surface area contributed by atoms with Gasteiger partial charge in [0.1, 0.15) is 5.75 Å². The topological polar surface area (TPSA) is 33.0 Å². The van der Waals surface area contributed by atoms with Crippen LogP contribution < -0.4 is 4.74 Å². The number of hydrogen-bond donors (Lipinski definition) is 0. The highest BCUT2D eigenvalue weighted by Crippen LogP contribution is 2.38. The van der Waals surface area contributed by atoms with E-state index < -0.39 is 6.36 Å². The standard InChI is InChI=1S/C20H22F3NO/c21-20(22,23)25-19-13-11-18(12-14-19)17-9-7-16(8-10-17)6-4-2-1-3-5-15-24/h1-3,5,11-14,16-17H,4,6-10H2/t16-,17-. The summed E-state index contributed by atoms with van der Waals surface area (Å²) in [7, 11) is 0. The van der Waals surface area contributed by atoms with Gasteiger partial charge in [-0.05, 0) is 68.1 Å². The first-order valence-corrected chi connectivity index (χ1v) is 8.55. The number of hydrogen-bond acceptors (Lipinski definition) is 2. The second kappa shape index (κ2) is 9.31. The molecule has 1 aromatic rings. The quantitative estimate of drug-likeness (QED) is 0.447. The molecule has 0 N–H and O–H groups in total. The number of ether oxygens (including phenoxy) is 1. The molecule has 0 atom stereocenters. The van der Waals surface area contributed by atoms with Crippen LogP contribution in [-0.4, -0.2) is 6.36 Å². The monoisotopic (exact) mass is 349 g/mol. The van der Waals surface area contributed by atoms with Crippen molar-refractivity contribution in [1.82, 2.24) is 0 Å². The molecule has 0 saturated heterocycles. The van der Waals surface area contributed by atoms with E-state index in [9.17, 15) is 13.2 Å². The largest absolute Gasteiger partial charge is 0.573 e. The second-order valence-electron chi connectivity index (χ2n) is 6.33. The molecular formula is C20H22F3NO. The van der Waals surface area contributed by atoms with E-state index in [1.165, 1.54) is 18.2 Å². The van der Waals surface area contributed by atoms with E-state index in [0.29, 0.717) is 11.8 Å². The summed E-state index contributed by atoms with van der Waals surface area (Å²) in [6, 6.07) is 8.23. The molecule has 0 heterocycles. The van der Waals surface area contributed by atoms with Crippen molar-refractivity contribution < 1.29 is 17.9 Å². The fourth-order valence-corrected chi connectivity index (χ4v) is 3.33. The van der Waals surface area contributed by atoms with Crippen molar-refractivity contribution in [2.24, 2.45) is 5.92 Å². The van der Waals surface area contributed by atoms with Crippen LogP contribution in [0.15, 0.2) is 48.6 Å². The minimum Gasteiger partial charge on any atom is -0.406 e. The first kappa shape index (κ1) is 19.1. The average Bonchev–Trinajstić information content (AvgIpc) is 2.58. The summed E-state index contributed by atoms with van der Waals surface area (Å²) >= 11 is 0. The zero-order valence-corrected chi connectivity index (χ0v) is 14.0. The molecule has 1 saturated carbocycles. The molecule has 25 heavy (non-hydrogen) atoms. The fraction of sp³-hybridized carbons (Fsp3) is 0.450. The van der Waals surface area contributed by atoms with Crippen LogP contribution in [0.25, 0.3) is 0 Å². The van der Waals surface area contributed by atoms with Crippen LogP contribution in [0, 0.1) is 17.2 Å². The highest BCUT2D eigenvalue weighted by atomic mass is 19.4. The molecule has 2 rings (SSSR count). The van der Waals surface area contributed by atoms with E-state index in [-0.39, 0.29) is 5.75 Å². The third-order valence-electron chi connectivity index (χ3n) is 4.59. The zero-order chi connectivity index (χ0) is 18.1. The van der Waals surface area contributed by atoms with Gasteiger partial charge in [-0.3, -0.25) is 0 Å². The van der Waals surface area contributed by atoms with Crippen LogP contribution in [0.1, 0.15) is 50.0 Å². The predicted octanol–water partition coefficient (Wildman–Crippen LogP) is 6.28. The molecule has 0 unspecified atom stereocenters. The molecular weight excluding hydrogens is 327 g/mol. The van der Waals surface area contributed by atoms with Gasteiger partial charge in [0.25, 0.3) is 0 Å². The Balaban J connectivity index is 1.75. The summed E-state index contributed by atoms with van der Waals surface area (Å²) in [4.78, 5) is 0. The Kier molecular flexibility index (Phi) is 7.12. The molecule has 134 valence electrons. The van der Waals surface area contributed by atoms with Crippen molar-refractivity contribution >= 4 is 0 Å². The van der Waals surface area contributed by atoms with Crippen LogP contribution in [0.5, 0.6) is 5.75 Å². The lowest BCUT2D eigenvalue weighted by atomic mass is 9.77. The molecule has 1 aromatic carbocycles. The van der Waals surface area contributed by atoms with Crippen molar-refractivity contribution in [2.75, 3.05) is 0 Å². The summed E-state index contributed by atoms with van der Waals surface area (Å²) < 4.78 is 40.5. The Hall–Kier alpha value is -2.22.